The number of hydrogen-bond donors (Lipinski definition) is 1. The van der Waals surface area contributed by atoms with Gasteiger partial charge in [0.2, 0.25) is 0 Å². The number of rotatable bonds is 6. The predicted octanol–water partition coefficient (Wildman–Crippen LogP) is 4.80. The van der Waals surface area contributed by atoms with Crippen LogP contribution in [0.3, 0.4) is 0 Å². The first kappa shape index (κ1) is 20.3. The lowest BCUT2D eigenvalue weighted by molar-refractivity contribution is -0.141. The quantitative estimate of drug-likeness (QED) is 0.601. The van der Waals surface area contributed by atoms with Crippen LogP contribution in [0, 0.1) is 0 Å². The van der Waals surface area contributed by atoms with Gasteiger partial charge in [0.15, 0.2) is 5.82 Å². The van der Waals surface area contributed by atoms with E-state index in [1.807, 2.05) is 30.3 Å². The Bertz CT molecular complexity index is 975. The minimum absolute atomic E-state index is 0.0917. The Kier molecular flexibility index (Phi) is 6.11. The van der Waals surface area contributed by atoms with E-state index in [-0.39, 0.29) is 19.0 Å². The van der Waals surface area contributed by atoms with Crippen LogP contribution in [0.5, 0.6) is 0 Å². The molecule has 1 heterocycles. The summed E-state index contributed by atoms with van der Waals surface area (Å²) in [6, 6.07) is 15.6. The summed E-state index contributed by atoms with van der Waals surface area (Å²) >= 11 is 0. The third kappa shape index (κ3) is 5.31. The fourth-order valence-electron chi connectivity index (χ4n) is 2.61. The molecule has 0 unspecified atom stereocenters. The third-order valence-corrected chi connectivity index (χ3v) is 3.99. The van der Waals surface area contributed by atoms with Crippen LogP contribution in [-0.4, -0.2) is 29.1 Å². The summed E-state index contributed by atoms with van der Waals surface area (Å²) in [5.41, 5.74) is 1.06. The lowest BCUT2D eigenvalue weighted by Gasteiger charge is -2.11. The number of carbonyl (C=O) groups is 1. The highest BCUT2D eigenvalue weighted by Gasteiger charge is 2.30. The molecule has 1 N–H and O–H groups in total. The summed E-state index contributed by atoms with van der Waals surface area (Å²) in [5.74, 6) is 0.164. The summed E-state index contributed by atoms with van der Waals surface area (Å²) < 4.78 is 43.4. The molecule has 0 aliphatic heterocycles. The molecule has 0 amide bonds. The van der Waals surface area contributed by atoms with Crippen molar-refractivity contribution >= 4 is 11.8 Å². The molecule has 0 radical (unpaired) electrons. The lowest BCUT2D eigenvalue weighted by Crippen LogP contribution is -2.17. The Balaban J connectivity index is 1.97. The maximum atomic E-state index is 12.8. The summed E-state index contributed by atoms with van der Waals surface area (Å²) in [7, 11) is 0. The highest BCUT2D eigenvalue weighted by Crippen LogP contribution is 2.31. The molecule has 0 aliphatic rings. The first-order valence-electron chi connectivity index (χ1n) is 8.88. The van der Waals surface area contributed by atoms with E-state index in [0.717, 1.165) is 17.7 Å². The van der Waals surface area contributed by atoms with E-state index < -0.39 is 17.7 Å². The molecule has 3 rings (SSSR count). The fraction of sp³-hybridized carbons (Fsp3) is 0.190. The zero-order chi connectivity index (χ0) is 20.9. The fourth-order valence-corrected chi connectivity index (χ4v) is 2.61. The number of hydrogen-bond acceptors (Lipinski definition) is 5. The van der Waals surface area contributed by atoms with Crippen molar-refractivity contribution in [1.82, 2.24) is 9.97 Å². The molecule has 0 aliphatic carbocycles. The first-order valence-corrected chi connectivity index (χ1v) is 8.88. The van der Waals surface area contributed by atoms with Gasteiger partial charge in [0.05, 0.1) is 17.9 Å². The van der Waals surface area contributed by atoms with E-state index in [9.17, 15) is 18.0 Å². The van der Waals surface area contributed by atoms with Crippen LogP contribution in [-0.2, 0) is 15.7 Å². The molecule has 2 aromatic carbocycles. The van der Waals surface area contributed by atoms with Crippen molar-refractivity contribution in [2.75, 3.05) is 18.5 Å². The highest BCUT2D eigenvalue weighted by atomic mass is 19.4. The average Bonchev–Trinajstić information content (AvgIpc) is 2.72. The van der Waals surface area contributed by atoms with Gasteiger partial charge in [-0.25, -0.2) is 9.97 Å². The van der Waals surface area contributed by atoms with Gasteiger partial charge in [-0.2, -0.15) is 13.2 Å². The van der Waals surface area contributed by atoms with Gasteiger partial charge in [0.25, 0.3) is 0 Å². The van der Waals surface area contributed by atoms with Crippen molar-refractivity contribution in [1.29, 1.82) is 0 Å². The topological polar surface area (TPSA) is 64.1 Å². The van der Waals surface area contributed by atoms with Crippen LogP contribution in [0.1, 0.15) is 12.5 Å². The minimum Gasteiger partial charge on any atom is -0.465 e. The Labute approximate surface area is 165 Å². The minimum atomic E-state index is -4.42. The lowest BCUT2D eigenvalue weighted by atomic mass is 10.1. The van der Waals surface area contributed by atoms with Gasteiger partial charge in [-0.05, 0) is 19.1 Å². The van der Waals surface area contributed by atoms with E-state index in [1.54, 1.807) is 13.0 Å². The largest absolute Gasteiger partial charge is 0.465 e. The molecular weight excluding hydrogens is 383 g/mol. The molecule has 0 spiro atoms. The summed E-state index contributed by atoms with van der Waals surface area (Å²) in [5, 5.41) is 2.88. The number of carbonyl (C=O) groups excluding carboxylic acids is 1. The van der Waals surface area contributed by atoms with Gasteiger partial charge in [-0.1, -0.05) is 42.5 Å². The van der Waals surface area contributed by atoms with Crippen molar-refractivity contribution in [3.8, 4) is 22.6 Å². The number of anilines is 1. The molecule has 0 saturated carbocycles. The zero-order valence-electron chi connectivity index (χ0n) is 15.5. The van der Waals surface area contributed by atoms with Gasteiger partial charge in [-0.15, -0.1) is 0 Å². The number of nitrogens with zero attached hydrogens (tertiary/aromatic N) is 2. The van der Waals surface area contributed by atoms with Crippen molar-refractivity contribution in [3.05, 3.63) is 66.2 Å². The van der Waals surface area contributed by atoms with E-state index in [0.29, 0.717) is 17.1 Å². The molecule has 5 nitrogen and oxygen atoms in total. The molecule has 8 heteroatoms. The monoisotopic (exact) mass is 401 g/mol. The Morgan fingerprint density at radius 3 is 2.31 bits per heavy atom. The van der Waals surface area contributed by atoms with Crippen LogP contribution in [0.2, 0.25) is 0 Å². The number of aromatic nitrogens is 2. The van der Waals surface area contributed by atoms with Crippen LogP contribution < -0.4 is 5.32 Å². The van der Waals surface area contributed by atoms with Gasteiger partial charge >= 0.3 is 12.1 Å². The normalized spacial score (nSPS) is 11.2. The van der Waals surface area contributed by atoms with Crippen LogP contribution in [0.15, 0.2) is 60.7 Å². The van der Waals surface area contributed by atoms with Crippen LogP contribution in [0.4, 0.5) is 19.0 Å². The standard InChI is InChI=1S/C21H18F3N3O2/c1-2-29-19(28)13-25-18-12-17(14-6-4-3-5-7-14)26-20(27-18)15-8-10-16(11-9-15)21(22,23)24/h3-12H,2,13H2,1H3,(H,25,26,27). The van der Waals surface area contributed by atoms with Crippen molar-refractivity contribution < 1.29 is 22.7 Å². The first-order chi connectivity index (χ1) is 13.9. The third-order valence-electron chi connectivity index (χ3n) is 3.99. The van der Waals surface area contributed by atoms with Gasteiger partial charge in [-0.3, -0.25) is 4.79 Å². The van der Waals surface area contributed by atoms with E-state index in [4.69, 9.17) is 4.74 Å². The second kappa shape index (κ2) is 8.72. The van der Waals surface area contributed by atoms with E-state index >= 15 is 0 Å². The molecule has 1 aromatic heterocycles. The molecule has 0 bridgehead atoms. The van der Waals surface area contributed by atoms with Gasteiger partial charge in [0.1, 0.15) is 12.4 Å². The molecule has 0 fully saturated rings. The molecule has 29 heavy (non-hydrogen) atoms. The smallest absolute Gasteiger partial charge is 0.416 e. The highest BCUT2D eigenvalue weighted by molar-refractivity contribution is 5.75. The summed E-state index contributed by atoms with van der Waals surface area (Å²) in [6.45, 7) is 1.88. The maximum absolute atomic E-state index is 12.8. The number of nitrogens with one attached hydrogen (secondary N) is 1. The van der Waals surface area contributed by atoms with Gasteiger partial charge in [0, 0.05) is 17.2 Å². The number of esters is 1. The van der Waals surface area contributed by atoms with E-state index in [2.05, 4.69) is 15.3 Å². The average molecular weight is 401 g/mol. The van der Waals surface area contributed by atoms with Crippen LogP contribution >= 0.6 is 0 Å². The second-order valence-corrected chi connectivity index (χ2v) is 6.06. The Hall–Kier alpha value is -3.42. The Morgan fingerprint density at radius 1 is 1.00 bits per heavy atom. The molecule has 0 atom stereocenters. The SMILES string of the molecule is CCOC(=O)CNc1cc(-c2ccccc2)nc(-c2ccc(C(F)(F)F)cc2)n1. The zero-order valence-corrected chi connectivity index (χ0v) is 15.5. The van der Waals surface area contributed by atoms with Gasteiger partial charge < -0.3 is 10.1 Å². The van der Waals surface area contributed by atoms with Crippen LogP contribution in [0.25, 0.3) is 22.6 Å². The molecule has 0 saturated heterocycles. The van der Waals surface area contributed by atoms with Crippen molar-refractivity contribution in [2.45, 2.75) is 13.1 Å². The van der Waals surface area contributed by atoms with Crippen molar-refractivity contribution in [2.24, 2.45) is 0 Å². The molecule has 150 valence electrons. The van der Waals surface area contributed by atoms with Crippen molar-refractivity contribution in [3.63, 3.8) is 0 Å². The Morgan fingerprint density at radius 2 is 1.69 bits per heavy atom. The summed E-state index contributed by atoms with van der Waals surface area (Å²) in [6.07, 6.45) is -4.42. The number of alkyl halides is 3. The van der Waals surface area contributed by atoms with E-state index in [1.165, 1.54) is 12.1 Å². The maximum Gasteiger partial charge on any atom is 0.416 e. The molecular formula is C21H18F3N3O2. The number of ether oxygens (including phenoxy) is 1. The number of halogens is 3. The summed E-state index contributed by atoms with van der Waals surface area (Å²) in [4.78, 5) is 20.4. The second-order valence-electron chi connectivity index (χ2n) is 6.06. The predicted molar refractivity (Wildman–Crippen MR) is 103 cm³/mol. The number of benzene rings is 2. The molecule has 3 aromatic rings.